The van der Waals surface area contributed by atoms with E-state index in [2.05, 4.69) is 16.6 Å². The molecule has 0 bridgehead atoms. The third kappa shape index (κ3) is 4.79. The van der Waals surface area contributed by atoms with Crippen molar-refractivity contribution in [2.45, 2.75) is 30.8 Å². The number of hydrogen-bond donors (Lipinski definition) is 1. The zero-order valence-electron chi connectivity index (χ0n) is 15.1. The van der Waals surface area contributed by atoms with Crippen LogP contribution in [-0.4, -0.2) is 27.2 Å². The molecule has 0 fully saturated rings. The maximum atomic E-state index is 12.9. The Kier molecular flexibility index (Phi) is 5.40. The topological polar surface area (TPSA) is 64.6 Å². The lowest BCUT2D eigenvalue weighted by atomic mass is 10.0. The highest BCUT2D eigenvalue weighted by Gasteiger charge is 2.32. The molecule has 2 aromatic rings. The third-order valence-electron chi connectivity index (χ3n) is 3.95. The number of benzene rings is 2. The molecule has 5 nitrogen and oxygen atoms in total. The van der Waals surface area contributed by atoms with Gasteiger partial charge in [-0.2, -0.15) is 4.72 Å². The first-order valence-corrected chi connectivity index (χ1v) is 9.90. The lowest BCUT2D eigenvalue weighted by Crippen LogP contribution is -2.24. The second-order valence-corrected chi connectivity index (χ2v) is 8.47. The van der Waals surface area contributed by atoms with Crippen LogP contribution >= 0.6 is 0 Å². The zero-order valence-corrected chi connectivity index (χ0v) is 15.9. The van der Waals surface area contributed by atoms with E-state index >= 15 is 0 Å². The van der Waals surface area contributed by atoms with Gasteiger partial charge in [0, 0.05) is 12.0 Å². The molecule has 0 saturated heterocycles. The molecule has 3 rings (SSSR count). The summed E-state index contributed by atoms with van der Waals surface area (Å²) >= 11 is 0. The summed E-state index contributed by atoms with van der Waals surface area (Å²) in [6.07, 6.45) is 0.816. The van der Waals surface area contributed by atoms with Crippen LogP contribution < -0.4 is 14.2 Å². The predicted molar refractivity (Wildman–Crippen MR) is 99.7 cm³/mol. The van der Waals surface area contributed by atoms with E-state index in [0.717, 1.165) is 29.9 Å². The Morgan fingerprint density at radius 2 is 1.93 bits per heavy atom. The quantitative estimate of drug-likeness (QED) is 0.799. The molecular weight excluding hydrogens is 369 g/mol. The molecule has 1 N–H and O–H groups in total. The van der Waals surface area contributed by atoms with Gasteiger partial charge in [0.05, 0.1) is 11.4 Å². The largest absolute Gasteiger partial charge is 0.483 e. The molecule has 0 radical (unpaired) electrons. The number of sulfonamides is 1. The zero-order chi connectivity index (χ0) is 19.5. The average molecular weight is 389 g/mol. The number of nitrogens with one attached hydrogen (secondary N) is 1. The van der Waals surface area contributed by atoms with Crippen LogP contribution in [-0.2, 0) is 16.4 Å². The highest BCUT2D eigenvalue weighted by molar-refractivity contribution is 7.89. The lowest BCUT2D eigenvalue weighted by molar-refractivity contribution is 0.133. The van der Waals surface area contributed by atoms with Gasteiger partial charge in [-0.05, 0) is 44.2 Å². The first-order valence-electron chi connectivity index (χ1n) is 8.41. The Bertz CT molecular complexity index is 989. The highest BCUT2D eigenvalue weighted by atomic mass is 32.2. The molecule has 0 unspecified atom stereocenters. The van der Waals surface area contributed by atoms with Gasteiger partial charge >= 0.3 is 0 Å². The number of para-hydroxylation sites is 1. The maximum Gasteiger partial charge on any atom is 0.241 e. The first-order chi connectivity index (χ1) is 12.8. The summed E-state index contributed by atoms with van der Waals surface area (Å²) in [4.78, 5) is -0.0124. The SMILES string of the molecule is CC1(C)Cc2cccc(OCC#CCNS(=O)(=O)c3ccc(F)cc3)c2O1. The molecule has 0 aliphatic carbocycles. The van der Waals surface area contributed by atoms with Crippen molar-refractivity contribution in [2.75, 3.05) is 13.2 Å². The molecule has 0 aromatic heterocycles. The first kappa shape index (κ1) is 19.2. The smallest absolute Gasteiger partial charge is 0.241 e. The van der Waals surface area contributed by atoms with Crippen LogP contribution in [0.4, 0.5) is 4.39 Å². The minimum Gasteiger partial charge on any atom is -0.483 e. The Labute approximate surface area is 158 Å². The molecule has 2 aromatic carbocycles. The van der Waals surface area contributed by atoms with E-state index in [1.807, 2.05) is 32.0 Å². The molecule has 142 valence electrons. The van der Waals surface area contributed by atoms with E-state index in [1.165, 1.54) is 12.1 Å². The number of halogens is 1. The standard InChI is InChI=1S/C20H20FNO4S/c1-20(2)14-15-6-5-7-18(19(15)26-20)25-13-4-3-12-22-27(23,24)17-10-8-16(21)9-11-17/h5-11,22H,12-14H2,1-2H3. The monoisotopic (exact) mass is 389 g/mol. The van der Waals surface area contributed by atoms with Gasteiger partial charge in [0.1, 0.15) is 18.0 Å². The molecule has 27 heavy (non-hydrogen) atoms. The number of fused-ring (bicyclic) bond motifs is 1. The van der Waals surface area contributed by atoms with E-state index in [-0.39, 0.29) is 23.6 Å². The van der Waals surface area contributed by atoms with Crippen molar-refractivity contribution in [2.24, 2.45) is 0 Å². The summed E-state index contributed by atoms with van der Waals surface area (Å²) in [5.74, 6) is 6.33. The summed E-state index contributed by atoms with van der Waals surface area (Å²) in [6, 6.07) is 10.3. The van der Waals surface area contributed by atoms with E-state index in [9.17, 15) is 12.8 Å². The molecule has 0 spiro atoms. The molecular formula is C20H20FNO4S. The van der Waals surface area contributed by atoms with Crippen LogP contribution in [0, 0.1) is 17.7 Å². The van der Waals surface area contributed by atoms with E-state index in [1.54, 1.807) is 0 Å². The Morgan fingerprint density at radius 1 is 1.19 bits per heavy atom. The summed E-state index contributed by atoms with van der Waals surface area (Å²) in [5.41, 5.74) is 0.837. The van der Waals surface area contributed by atoms with Crippen LogP contribution in [0.2, 0.25) is 0 Å². The lowest BCUT2D eigenvalue weighted by Gasteiger charge is -2.17. The van der Waals surface area contributed by atoms with Gasteiger partial charge in [0.25, 0.3) is 0 Å². The van der Waals surface area contributed by atoms with Crippen molar-refractivity contribution < 1.29 is 22.3 Å². The summed E-state index contributed by atoms with van der Waals surface area (Å²) < 4.78 is 50.9. The second-order valence-electron chi connectivity index (χ2n) is 6.70. The molecule has 0 amide bonds. The average Bonchev–Trinajstić information content (AvgIpc) is 2.93. The molecule has 1 aliphatic heterocycles. The molecule has 1 heterocycles. The fourth-order valence-corrected chi connectivity index (χ4v) is 3.68. The van der Waals surface area contributed by atoms with Crippen LogP contribution in [0.3, 0.4) is 0 Å². The van der Waals surface area contributed by atoms with Crippen LogP contribution in [0.5, 0.6) is 11.5 Å². The van der Waals surface area contributed by atoms with Crippen molar-refractivity contribution in [1.82, 2.24) is 4.72 Å². The van der Waals surface area contributed by atoms with E-state index < -0.39 is 15.8 Å². The predicted octanol–water partition coefficient (Wildman–Crippen LogP) is 2.90. The normalized spacial score (nSPS) is 14.6. The van der Waals surface area contributed by atoms with Gasteiger partial charge < -0.3 is 9.47 Å². The Morgan fingerprint density at radius 3 is 2.67 bits per heavy atom. The van der Waals surface area contributed by atoms with Gasteiger partial charge in [0.2, 0.25) is 10.0 Å². The van der Waals surface area contributed by atoms with Crippen molar-refractivity contribution in [3.05, 3.63) is 53.8 Å². The summed E-state index contributed by atoms with van der Waals surface area (Å²) in [7, 11) is -3.72. The van der Waals surface area contributed by atoms with Gasteiger partial charge in [0.15, 0.2) is 11.5 Å². The molecule has 1 aliphatic rings. The Balaban J connectivity index is 1.53. The van der Waals surface area contributed by atoms with E-state index in [0.29, 0.717) is 5.75 Å². The van der Waals surface area contributed by atoms with Crippen molar-refractivity contribution >= 4 is 10.0 Å². The fraction of sp³-hybridized carbons (Fsp3) is 0.300. The van der Waals surface area contributed by atoms with Crippen molar-refractivity contribution in [3.8, 4) is 23.3 Å². The summed E-state index contributed by atoms with van der Waals surface area (Å²) in [5, 5.41) is 0. The van der Waals surface area contributed by atoms with Gasteiger partial charge in [-0.15, -0.1) is 0 Å². The number of hydrogen-bond acceptors (Lipinski definition) is 4. The van der Waals surface area contributed by atoms with Gasteiger partial charge in [-0.1, -0.05) is 24.0 Å². The molecule has 0 atom stereocenters. The molecule has 7 heteroatoms. The third-order valence-corrected chi connectivity index (χ3v) is 5.37. The number of rotatable bonds is 5. The summed E-state index contributed by atoms with van der Waals surface area (Å²) in [6.45, 7) is 4.08. The number of ether oxygens (including phenoxy) is 2. The van der Waals surface area contributed by atoms with Gasteiger partial charge in [-0.3, -0.25) is 0 Å². The van der Waals surface area contributed by atoms with Crippen LogP contribution in [0.25, 0.3) is 0 Å². The van der Waals surface area contributed by atoms with E-state index in [4.69, 9.17) is 9.47 Å². The van der Waals surface area contributed by atoms with Gasteiger partial charge in [-0.25, -0.2) is 12.8 Å². The van der Waals surface area contributed by atoms with Crippen LogP contribution in [0.1, 0.15) is 19.4 Å². The van der Waals surface area contributed by atoms with Crippen LogP contribution in [0.15, 0.2) is 47.4 Å². The highest BCUT2D eigenvalue weighted by Crippen LogP contribution is 2.41. The second kappa shape index (κ2) is 7.59. The van der Waals surface area contributed by atoms with Crippen molar-refractivity contribution in [1.29, 1.82) is 0 Å². The fourth-order valence-electron chi connectivity index (χ4n) is 2.76. The molecule has 0 saturated carbocycles. The maximum absolute atomic E-state index is 12.9. The van der Waals surface area contributed by atoms with Crippen molar-refractivity contribution in [3.63, 3.8) is 0 Å². The minimum atomic E-state index is -3.72. The minimum absolute atomic E-state index is 0.0124. The Hall–Kier alpha value is -2.56.